The average Bonchev–Trinajstić information content (AvgIpc) is 3.41. The molecule has 1 fully saturated rings. The molecule has 1 rings (SSSR count). The third kappa shape index (κ3) is 29.1. The molecule has 0 radical (unpaired) electrons. The number of hydrogen-bond donors (Lipinski definition) is 3. The number of rotatable bonds is 35. The number of quaternary nitrogens is 1. The van der Waals surface area contributed by atoms with Crippen molar-refractivity contribution < 1.29 is 57.4 Å². The zero-order valence-electron chi connectivity index (χ0n) is 36.1. The number of carbonyl (C=O) groups excluding carboxylic acids is 2. The van der Waals surface area contributed by atoms with Crippen LogP contribution in [-0.2, 0) is 32.7 Å². The summed E-state index contributed by atoms with van der Waals surface area (Å²) < 4.78 is 33.8. The summed E-state index contributed by atoms with van der Waals surface area (Å²) in [6, 6.07) is 0. The lowest BCUT2D eigenvalue weighted by atomic mass is 9.89. The summed E-state index contributed by atoms with van der Waals surface area (Å²) in [4.78, 5) is 37.7. The highest BCUT2D eigenvalue weighted by atomic mass is 31.2. The van der Waals surface area contributed by atoms with E-state index in [-0.39, 0.29) is 37.9 Å². The minimum absolute atomic E-state index is 0.0718. The monoisotopic (exact) mass is 830 g/mol. The van der Waals surface area contributed by atoms with Crippen LogP contribution in [0.4, 0.5) is 0 Å². The number of carbonyl (C=O) groups is 2. The number of likely N-dealkylation sites (N-methyl/N-ethyl adjacent to an activating group) is 1. The van der Waals surface area contributed by atoms with E-state index in [4.69, 9.17) is 18.5 Å². The second kappa shape index (κ2) is 32.0. The lowest BCUT2D eigenvalue weighted by Gasteiger charge is -2.28. The van der Waals surface area contributed by atoms with Gasteiger partial charge in [-0.2, -0.15) is 0 Å². The van der Waals surface area contributed by atoms with Crippen LogP contribution in [0.5, 0.6) is 0 Å². The Morgan fingerprint density at radius 2 is 1.37 bits per heavy atom. The minimum atomic E-state index is -4.69. The maximum absolute atomic E-state index is 12.7. The maximum atomic E-state index is 12.7. The molecule has 1 saturated carbocycles. The average molecular weight is 830 g/mol. The van der Waals surface area contributed by atoms with E-state index in [2.05, 4.69) is 26.0 Å². The summed E-state index contributed by atoms with van der Waals surface area (Å²) in [5.74, 6) is -1.44. The second-order valence-corrected chi connectivity index (χ2v) is 18.1. The van der Waals surface area contributed by atoms with Crippen molar-refractivity contribution in [1.82, 2.24) is 0 Å². The largest absolute Gasteiger partial charge is 0.756 e. The molecule has 3 N–H and O–H groups in total. The van der Waals surface area contributed by atoms with Gasteiger partial charge in [0.05, 0.1) is 46.1 Å². The van der Waals surface area contributed by atoms with Crippen LogP contribution in [0.2, 0.25) is 0 Å². The van der Waals surface area contributed by atoms with E-state index in [1.165, 1.54) is 25.7 Å². The Morgan fingerprint density at radius 3 is 2.05 bits per heavy atom. The molecule has 0 amide bonds. The highest BCUT2D eigenvalue weighted by Gasteiger charge is 2.39. The molecule has 57 heavy (non-hydrogen) atoms. The molecule has 0 aromatic carbocycles. The Balaban J connectivity index is 2.53. The molecule has 0 aliphatic heterocycles. The van der Waals surface area contributed by atoms with Crippen LogP contribution in [-0.4, -0.2) is 104 Å². The highest BCUT2D eigenvalue weighted by molar-refractivity contribution is 7.45. The van der Waals surface area contributed by atoms with Gasteiger partial charge in [-0.05, 0) is 63.7 Å². The Morgan fingerprint density at radius 1 is 0.772 bits per heavy atom. The zero-order valence-corrected chi connectivity index (χ0v) is 37.0. The second-order valence-electron chi connectivity index (χ2n) is 16.7. The van der Waals surface area contributed by atoms with Crippen molar-refractivity contribution >= 4 is 19.8 Å². The molecule has 0 bridgehead atoms. The predicted octanol–water partition coefficient (Wildman–Crippen LogP) is 7.88. The first kappa shape index (κ1) is 53.1. The molecule has 13 heteroatoms. The van der Waals surface area contributed by atoms with Gasteiger partial charge in [0.1, 0.15) is 19.8 Å². The smallest absolute Gasteiger partial charge is 0.306 e. The van der Waals surface area contributed by atoms with Crippen LogP contribution >= 0.6 is 7.82 Å². The quantitative estimate of drug-likeness (QED) is 0.0187. The van der Waals surface area contributed by atoms with Crippen LogP contribution in [0.1, 0.15) is 149 Å². The number of unbranched alkanes of at least 4 members (excludes halogenated alkanes) is 12. The standard InChI is InChI=1S/C44H80NO11P/c1-6-8-10-11-12-13-14-15-16-17-18-19-25-29-44(50)56-38(36-55-57(51,52)54-33-32-45(3,4)5)35-53-43(49)28-24-21-20-23-27-39-40(42(48)34-41(39)47)31-30-37(46)26-22-9-7-2/h13-14,20,23,30-31,37-42,46-48H,6-12,15-19,21-22,24-29,32-36H2,1-5H3/b14-13-,23-20+,31-30+/t37-,38+,39+,40+,41-,42+/m0/s1. The summed E-state index contributed by atoms with van der Waals surface area (Å²) in [5, 5.41) is 31.3. The van der Waals surface area contributed by atoms with E-state index in [9.17, 15) is 34.4 Å². The van der Waals surface area contributed by atoms with Gasteiger partial charge in [0.25, 0.3) is 7.82 Å². The van der Waals surface area contributed by atoms with Crippen LogP contribution in [0, 0.1) is 11.8 Å². The van der Waals surface area contributed by atoms with Crippen LogP contribution in [0.3, 0.4) is 0 Å². The predicted molar refractivity (Wildman–Crippen MR) is 224 cm³/mol. The van der Waals surface area contributed by atoms with Crippen molar-refractivity contribution in [2.24, 2.45) is 11.8 Å². The molecule has 0 aromatic heterocycles. The van der Waals surface area contributed by atoms with Gasteiger partial charge in [0.15, 0.2) is 6.10 Å². The number of esters is 2. The number of aliphatic hydroxyl groups is 3. The van der Waals surface area contributed by atoms with Crippen molar-refractivity contribution in [3.8, 4) is 0 Å². The molecule has 1 unspecified atom stereocenters. The minimum Gasteiger partial charge on any atom is -0.756 e. The van der Waals surface area contributed by atoms with Crippen molar-refractivity contribution in [3.63, 3.8) is 0 Å². The fraction of sp³-hybridized carbons (Fsp3) is 0.818. The molecule has 7 atom stereocenters. The molecule has 0 spiro atoms. The van der Waals surface area contributed by atoms with Gasteiger partial charge in [-0.25, -0.2) is 0 Å². The van der Waals surface area contributed by atoms with Gasteiger partial charge in [-0.1, -0.05) is 108 Å². The first-order valence-corrected chi connectivity index (χ1v) is 23.4. The normalized spacial score (nSPS) is 21.1. The first-order chi connectivity index (χ1) is 27.2. The van der Waals surface area contributed by atoms with Crippen molar-refractivity contribution in [2.75, 3.05) is 47.5 Å². The Kier molecular flexibility index (Phi) is 29.8. The highest BCUT2D eigenvalue weighted by Crippen LogP contribution is 2.38. The fourth-order valence-electron chi connectivity index (χ4n) is 6.64. The van der Waals surface area contributed by atoms with Crippen LogP contribution in [0.15, 0.2) is 36.5 Å². The topological polar surface area (TPSA) is 172 Å². The lowest BCUT2D eigenvalue weighted by Crippen LogP contribution is -2.37. The first-order valence-electron chi connectivity index (χ1n) is 22.0. The number of hydrogen-bond acceptors (Lipinski definition) is 11. The maximum Gasteiger partial charge on any atom is 0.306 e. The Hall–Kier alpha value is -1.89. The van der Waals surface area contributed by atoms with Crippen LogP contribution in [0.25, 0.3) is 0 Å². The molecule has 0 heterocycles. The third-order valence-corrected chi connectivity index (χ3v) is 11.2. The molecule has 1 aliphatic rings. The summed E-state index contributed by atoms with van der Waals surface area (Å²) in [6.45, 7) is 3.81. The lowest BCUT2D eigenvalue weighted by molar-refractivity contribution is -0.870. The number of phosphoric acid groups is 1. The number of allylic oxidation sites excluding steroid dienone is 4. The molecule has 12 nitrogen and oxygen atoms in total. The van der Waals surface area contributed by atoms with Crippen molar-refractivity contribution in [2.45, 2.75) is 173 Å². The molecule has 1 aliphatic carbocycles. The van der Waals surface area contributed by atoms with E-state index in [0.717, 1.165) is 57.8 Å². The summed E-state index contributed by atoms with van der Waals surface area (Å²) in [6.07, 6.45) is 27.0. The van der Waals surface area contributed by atoms with E-state index in [0.29, 0.717) is 49.6 Å². The number of phosphoric ester groups is 1. The fourth-order valence-corrected chi connectivity index (χ4v) is 7.37. The number of nitrogens with zero attached hydrogens (tertiary/aromatic N) is 1. The van der Waals surface area contributed by atoms with E-state index < -0.39 is 50.8 Å². The van der Waals surface area contributed by atoms with Crippen LogP contribution < -0.4 is 4.89 Å². The van der Waals surface area contributed by atoms with Gasteiger partial charge in [0.2, 0.25) is 0 Å². The van der Waals surface area contributed by atoms with Gasteiger partial charge in [0, 0.05) is 25.2 Å². The number of aliphatic hydroxyl groups excluding tert-OH is 3. The van der Waals surface area contributed by atoms with Gasteiger partial charge in [-0.3, -0.25) is 14.2 Å². The Labute approximate surface area is 345 Å². The third-order valence-electron chi connectivity index (χ3n) is 10.2. The molecular weight excluding hydrogens is 749 g/mol. The van der Waals surface area contributed by atoms with Gasteiger partial charge in [-0.15, -0.1) is 0 Å². The summed E-state index contributed by atoms with van der Waals surface area (Å²) >= 11 is 0. The van der Waals surface area contributed by atoms with E-state index >= 15 is 0 Å². The SMILES string of the molecule is CCCCCC/C=C\CCCCCCCC(=O)O[C@H](COC(=O)CCC/C=C/C[C@@H]1[C@@H](/C=C/[C@@H](O)CCCCC)[C@H](O)C[C@@H]1O)COP(=O)([O-])OCC[N+](C)(C)C. The van der Waals surface area contributed by atoms with Gasteiger partial charge >= 0.3 is 11.9 Å². The molecule has 0 aromatic rings. The molecular formula is C44H80NO11P. The van der Waals surface area contributed by atoms with Crippen molar-refractivity contribution in [1.29, 1.82) is 0 Å². The summed E-state index contributed by atoms with van der Waals surface area (Å²) in [7, 11) is 1.02. The molecule has 332 valence electrons. The zero-order chi connectivity index (χ0) is 42.4. The van der Waals surface area contributed by atoms with E-state index in [1.807, 2.05) is 39.4 Å². The van der Waals surface area contributed by atoms with Crippen molar-refractivity contribution in [3.05, 3.63) is 36.5 Å². The van der Waals surface area contributed by atoms with Gasteiger partial charge < -0.3 is 43.2 Å². The number of ether oxygens (including phenoxy) is 2. The Bertz CT molecular complexity index is 1190. The van der Waals surface area contributed by atoms with E-state index in [1.54, 1.807) is 6.08 Å². The summed E-state index contributed by atoms with van der Waals surface area (Å²) in [5.41, 5.74) is 0. The molecule has 0 saturated heterocycles.